The zero-order valence-corrected chi connectivity index (χ0v) is 21.1. The van der Waals surface area contributed by atoms with Crippen LogP contribution in [0.5, 0.6) is 5.75 Å². The molecule has 0 saturated heterocycles. The number of anilines is 1. The molecule has 1 N–H and O–H groups in total. The molecule has 1 aliphatic heterocycles. The van der Waals surface area contributed by atoms with Crippen LogP contribution < -0.4 is 10.1 Å². The normalized spacial score (nSPS) is 23.9. The van der Waals surface area contributed by atoms with E-state index in [9.17, 15) is 14.4 Å². The van der Waals surface area contributed by atoms with Crippen molar-refractivity contribution in [3.63, 3.8) is 0 Å². The van der Waals surface area contributed by atoms with Crippen LogP contribution in [-0.2, 0) is 14.3 Å². The number of hydrogen-bond acceptors (Lipinski definition) is 5. The smallest absolute Gasteiger partial charge is 0.257 e. The summed E-state index contributed by atoms with van der Waals surface area (Å²) >= 11 is 0. The van der Waals surface area contributed by atoms with Crippen molar-refractivity contribution < 1.29 is 23.9 Å². The first-order valence-corrected chi connectivity index (χ1v) is 12.4. The van der Waals surface area contributed by atoms with E-state index in [1.165, 1.54) is 0 Å². The molecule has 188 valence electrons. The number of amides is 3. The summed E-state index contributed by atoms with van der Waals surface area (Å²) in [6.07, 6.45) is 3.76. The summed E-state index contributed by atoms with van der Waals surface area (Å²) in [5.41, 5.74) is 1.000. The number of methoxy groups -OCH3 is 1. The Hall–Kier alpha value is -2.61. The zero-order chi connectivity index (χ0) is 24.8. The van der Waals surface area contributed by atoms with E-state index in [4.69, 9.17) is 9.47 Å². The minimum atomic E-state index is -0.214. The molecule has 1 heterocycles. The van der Waals surface area contributed by atoms with E-state index in [0.717, 1.165) is 19.3 Å². The predicted molar refractivity (Wildman–Crippen MR) is 131 cm³/mol. The number of ether oxygens (including phenoxy) is 2. The van der Waals surface area contributed by atoms with Gasteiger partial charge in [-0.3, -0.25) is 14.4 Å². The maximum atomic E-state index is 13.3. The minimum Gasteiger partial charge on any atom is -0.491 e. The first-order chi connectivity index (χ1) is 16.2. The standard InChI is InChI=1S/C26H39N3O5/c1-6-7-24(30)27-20-10-11-21-22(13-20)34-16-18(3)29(25(31)12-19-8-9-19)14-17(2)23(33-5)15-28(4)26(21)32/h10-11,13,17-19,23H,6-9,12,14-16H2,1-5H3,(H,27,30)/t17-,18+,23-/m0/s1. The molecule has 0 spiro atoms. The Bertz CT molecular complexity index is 885. The summed E-state index contributed by atoms with van der Waals surface area (Å²) in [4.78, 5) is 42.0. The predicted octanol–water partition coefficient (Wildman–Crippen LogP) is 3.56. The molecule has 1 aromatic rings. The number of rotatable bonds is 6. The quantitative estimate of drug-likeness (QED) is 0.683. The molecule has 3 atom stereocenters. The molecule has 2 aliphatic rings. The molecular weight excluding hydrogens is 434 g/mol. The van der Waals surface area contributed by atoms with Gasteiger partial charge in [0.25, 0.3) is 5.91 Å². The second-order valence-electron chi connectivity index (χ2n) is 9.80. The van der Waals surface area contributed by atoms with Gasteiger partial charge in [-0.05, 0) is 44.2 Å². The number of carbonyl (C=O) groups excluding carboxylic acids is 3. The highest BCUT2D eigenvalue weighted by Crippen LogP contribution is 2.33. The number of benzene rings is 1. The molecule has 1 fully saturated rings. The lowest BCUT2D eigenvalue weighted by atomic mass is 10.0. The van der Waals surface area contributed by atoms with Crippen LogP contribution in [0.2, 0.25) is 0 Å². The Labute approximate surface area is 202 Å². The zero-order valence-electron chi connectivity index (χ0n) is 21.1. The summed E-state index contributed by atoms with van der Waals surface area (Å²) in [6.45, 7) is 7.16. The number of likely N-dealkylation sites (N-methyl/N-ethyl adjacent to an activating group) is 1. The number of hydrogen-bond donors (Lipinski definition) is 1. The molecule has 1 aromatic carbocycles. The summed E-state index contributed by atoms with van der Waals surface area (Å²) in [5.74, 6) is 0.819. The number of carbonyl (C=O) groups is 3. The van der Waals surface area contributed by atoms with Crippen molar-refractivity contribution in [2.24, 2.45) is 11.8 Å². The van der Waals surface area contributed by atoms with Gasteiger partial charge < -0.3 is 24.6 Å². The average molecular weight is 474 g/mol. The third-order valence-corrected chi connectivity index (χ3v) is 6.69. The SMILES string of the molecule is CCCC(=O)Nc1ccc2c(c1)OC[C@@H](C)N(C(=O)CC1CC1)C[C@H](C)[C@@H](OC)CN(C)C2=O. The van der Waals surface area contributed by atoms with E-state index in [2.05, 4.69) is 12.2 Å². The lowest BCUT2D eigenvalue weighted by molar-refractivity contribution is -0.135. The summed E-state index contributed by atoms with van der Waals surface area (Å²) in [5, 5.41) is 2.87. The highest BCUT2D eigenvalue weighted by molar-refractivity contribution is 5.98. The van der Waals surface area contributed by atoms with Crippen LogP contribution in [0, 0.1) is 11.8 Å². The van der Waals surface area contributed by atoms with Crippen LogP contribution in [0.15, 0.2) is 18.2 Å². The van der Waals surface area contributed by atoms with Gasteiger partial charge in [0.05, 0.1) is 17.7 Å². The monoisotopic (exact) mass is 473 g/mol. The average Bonchev–Trinajstić information content (AvgIpc) is 3.62. The Morgan fingerprint density at radius 3 is 2.59 bits per heavy atom. The fourth-order valence-electron chi connectivity index (χ4n) is 4.33. The topological polar surface area (TPSA) is 88.2 Å². The van der Waals surface area contributed by atoms with Crippen LogP contribution >= 0.6 is 0 Å². The van der Waals surface area contributed by atoms with Crippen LogP contribution in [-0.4, -0.2) is 73.5 Å². The molecule has 0 bridgehead atoms. The van der Waals surface area contributed by atoms with E-state index in [1.54, 1.807) is 37.3 Å². The van der Waals surface area contributed by atoms with E-state index in [0.29, 0.717) is 48.8 Å². The third-order valence-electron chi connectivity index (χ3n) is 6.69. The molecule has 3 amide bonds. The van der Waals surface area contributed by atoms with Gasteiger partial charge in [-0.1, -0.05) is 13.8 Å². The van der Waals surface area contributed by atoms with Crippen molar-refractivity contribution in [1.29, 1.82) is 0 Å². The van der Waals surface area contributed by atoms with Gasteiger partial charge in [0.2, 0.25) is 11.8 Å². The second kappa shape index (κ2) is 11.7. The molecule has 0 radical (unpaired) electrons. The molecule has 0 aromatic heterocycles. The van der Waals surface area contributed by atoms with Gasteiger partial charge >= 0.3 is 0 Å². The highest BCUT2D eigenvalue weighted by atomic mass is 16.5. The summed E-state index contributed by atoms with van der Waals surface area (Å²) in [7, 11) is 3.39. The van der Waals surface area contributed by atoms with E-state index in [-0.39, 0.29) is 42.4 Å². The van der Waals surface area contributed by atoms with E-state index >= 15 is 0 Å². The van der Waals surface area contributed by atoms with E-state index < -0.39 is 0 Å². The Morgan fingerprint density at radius 2 is 1.94 bits per heavy atom. The van der Waals surface area contributed by atoms with Crippen molar-refractivity contribution in [1.82, 2.24) is 9.80 Å². The second-order valence-corrected chi connectivity index (χ2v) is 9.80. The summed E-state index contributed by atoms with van der Waals surface area (Å²) in [6, 6.07) is 4.93. The largest absolute Gasteiger partial charge is 0.491 e. The van der Waals surface area contributed by atoms with Crippen LogP contribution in [0.1, 0.15) is 63.2 Å². The fraction of sp³-hybridized carbons (Fsp3) is 0.654. The van der Waals surface area contributed by atoms with Gasteiger partial charge in [0, 0.05) is 57.8 Å². The number of nitrogens with one attached hydrogen (secondary N) is 1. The minimum absolute atomic E-state index is 0.0425. The Morgan fingerprint density at radius 1 is 1.21 bits per heavy atom. The molecule has 3 rings (SSSR count). The maximum absolute atomic E-state index is 13.3. The lowest BCUT2D eigenvalue weighted by Crippen LogP contribution is -2.48. The van der Waals surface area contributed by atoms with Crippen LogP contribution in [0.25, 0.3) is 0 Å². The van der Waals surface area contributed by atoms with Gasteiger partial charge in [-0.15, -0.1) is 0 Å². The molecule has 8 nitrogen and oxygen atoms in total. The van der Waals surface area contributed by atoms with Gasteiger partial charge in [0.1, 0.15) is 12.4 Å². The van der Waals surface area contributed by atoms with Crippen molar-refractivity contribution in [2.45, 2.75) is 65.0 Å². The van der Waals surface area contributed by atoms with Gasteiger partial charge in [0.15, 0.2) is 0 Å². The van der Waals surface area contributed by atoms with Crippen LogP contribution in [0.3, 0.4) is 0 Å². The molecule has 8 heteroatoms. The first kappa shape index (κ1) is 26.0. The van der Waals surface area contributed by atoms with Crippen molar-refractivity contribution in [3.8, 4) is 5.75 Å². The Kier molecular flexibility index (Phi) is 8.94. The third kappa shape index (κ3) is 6.72. The Balaban J connectivity index is 1.91. The van der Waals surface area contributed by atoms with Gasteiger partial charge in [-0.2, -0.15) is 0 Å². The molecule has 34 heavy (non-hydrogen) atoms. The van der Waals surface area contributed by atoms with Crippen LogP contribution in [0.4, 0.5) is 5.69 Å². The number of nitrogens with zero attached hydrogens (tertiary/aromatic N) is 2. The van der Waals surface area contributed by atoms with E-state index in [1.807, 2.05) is 18.7 Å². The lowest BCUT2D eigenvalue weighted by Gasteiger charge is -2.36. The number of fused-ring (bicyclic) bond motifs is 1. The van der Waals surface area contributed by atoms with Crippen molar-refractivity contribution >= 4 is 23.4 Å². The fourth-order valence-corrected chi connectivity index (χ4v) is 4.33. The highest BCUT2D eigenvalue weighted by Gasteiger charge is 2.33. The van der Waals surface area contributed by atoms with Crippen molar-refractivity contribution in [3.05, 3.63) is 23.8 Å². The van der Waals surface area contributed by atoms with Gasteiger partial charge in [-0.25, -0.2) is 0 Å². The van der Waals surface area contributed by atoms with Crippen molar-refractivity contribution in [2.75, 3.05) is 39.2 Å². The molecule has 0 unspecified atom stereocenters. The summed E-state index contributed by atoms with van der Waals surface area (Å²) < 4.78 is 11.9. The first-order valence-electron chi connectivity index (χ1n) is 12.4. The molecule has 1 aliphatic carbocycles. The maximum Gasteiger partial charge on any atom is 0.257 e. The molecular formula is C26H39N3O5. The molecule has 1 saturated carbocycles.